The van der Waals surface area contributed by atoms with Crippen molar-refractivity contribution >= 4 is 44.7 Å². The van der Waals surface area contributed by atoms with Crippen LogP contribution in [0.3, 0.4) is 0 Å². The first-order valence-electron chi connectivity index (χ1n) is 5.37. The number of aromatic nitrogens is 1. The third-order valence-corrected chi connectivity index (χ3v) is 6.18. The fourth-order valence-electron chi connectivity index (χ4n) is 1.30. The van der Waals surface area contributed by atoms with Crippen molar-refractivity contribution in [1.29, 1.82) is 0 Å². The summed E-state index contributed by atoms with van der Waals surface area (Å²) < 4.78 is 26.6. The van der Waals surface area contributed by atoms with E-state index in [2.05, 4.69) is 9.71 Å². The Kier molecular flexibility index (Phi) is 5.23. The van der Waals surface area contributed by atoms with E-state index in [1.54, 1.807) is 11.8 Å². The summed E-state index contributed by atoms with van der Waals surface area (Å²) in [4.78, 5) is 4.83. The van der Waals surface area contributed by atoms with Gasteiger partial charge in [-0.3, -0.25) is 0 Å². The zero-order chi connectivity index (χ0) is 13.7. The van der Waals surface area contributed by atoms with Crippen molar-refractivity contribution in [2.45, 2.75) is 9.10 Å². The number of hydrogen-bond donors (Lipinski definition) is 1. The van der Waals surface area contributed by atoms with Crippen LogP contribution in [-0.4, -0.2) is 25.7 Å². The van der Waals surface area contributed by atoms with Gasteiger partial charge in [0, 0.05) is 17.2 Å². The van der Waals surface area contributed by atoms with E-state index in [0.717, 1.165) is 16.2 Å². The predicted molar refractivity (Wildman–Crippen MR) is 79.5 cm³/mol. The van der Waals surface area contributed by atoms with Crippen molar-refractivity contribution in [2.75, 3.05) is 12.3 Å². The minimum Gasteiger partial charge on any atom is -0.232 e. The van der Waals surface area contributed by atoms with Gasteiger partial charge in [0.1, 0.15) is 0 Å². The standard InChI is InChI=1S/C11H11ClN2O2S3/c12-11-13-8-10(18-11)19(15,16)14-6-7-17-9-4-2-1-3-5-9/h1-5,8,14H,6-7H2. The minimum atomic E-state index is -3.49. The van der Waals surface area contributed by atoms with Gasteiger partial charge in [-0.2, -0.15) is 0 Å². The number of benzene rings is 1. The normalized spacial score (nSPS) is 11.6. The maximum absolute atomic E-state index is 11.8. The minimum absolute atomic E-state index is 0.141. The summed E-state index contributed by atoms with van der Waals surface area (Å²) in [6.45, 7) is 0.359. The summed E-state index contributed by atoms with van der Waals surface area (Å²) in [6.07, 6.45) is 1.26. The van der Waals surface area contributed by atoms with E-state index in [9.17, 15) is 8.42 Å². The molecule has 4 nitrogen and oxygen atoms in total. The molecule has 1 aromatic heterocycles. The number of sulfonamides is 1. The lowest BCUT2D eigenvalue weighted by Gasteiger charge is -2.04. The Bertz CT molecular complexity index is 628. The van der Waals surface area contributed by atoms with Crippen LogP contribution >= 0.6 is 34.7 Å². The van der Waals surface area contributed by atoms with Crippen molar-refractivity contribution < 1.29 is 8.42 Å². The summed E-state index contributed by atoms with van der Waals surface area (Å²) >= 11 is 8.16. The first-order chi connectivity index (χ1) is 9.08. The van der Waals surface area contributed by atoms with Crippen LogP contribution in [0, 0.1) is 0 Å². The van der Waals surface area contributed by atoms with Crippen LogP contribution in [0.5, 0.6) is 0 Å². The van der Waals surface area contributed by atoms with E-state index in [-0.39, 0.29) is 8.68 Å². The second-order valence-electron chi connectivity index (χ2n) is 3.49. The number of rotatable bonds is 6. The SMILES string of the molecule is O=S(=O)(NCCSc1ccccc1)c1cnc(Cl)s1. The average molecular weight is 335 g/mol. The van der Waals surface area contributed by atoms with Crippen molar-refractivity contribution in [3.05, 3.63) is 41.0 Å². The second-order valence-corrected chi connectivity index (χ2v) is 8.27. The molecule has 0 fully saturated rings. The third-order valence-electron chi connectivity index (χ3n) is 2.13. The van der Waals surface area contributed by atoms with E-state index < -0.39 is 10.0 Å². The fourth-order valence-corrected chi connectivity index (χ4v) is 4.58. The Labute approximate surface area is 125 Å². The average Bonchev–Trinajstić information content (AvgIpc) is 2.84. The highest BCUT2D eigenvalue weighted by molar-refractivity contribution is 7.99. The molecule has 102 valence electrons. The Morgan fingerprint density at radius 2 is 2.05 bits per heavy atom. The van der Waals surface area contributed by atoms with Gasteiger partial charge in [-0.05, 0) is 12.1 Å². The van der Waals surface area contributed by atoms with Crippen molar-refractivity contribution in [2.24, 2.45) is 0 Å². The van der Waals surface area contributed by atoms with Crippen LogP contribution in [0.25, 0.3) is 0 Å². The lowest BCUT2D eigenvalue weighted by atomic mass is 10.4. The summed E-state index contributed by atoms with van der Waals surface area (Å²) in [5.74, 6) is 0.662. The third kappa shape index (κ3) is 4.47. The molecule has 0 aliphatic rings. The molecule has 0 unspecified atom stereocenters. The lowest BCUT2D eigenvalue weighted by molar-refractivity contribution is 0.586. The number of nitrogens with zero attached hydrogens (tertiary/aromatic N) is 1. The van der Waals surface area contributed by atoms with Crippen LogP contribution < -0.4 is 4.72 Å². The van der Waals surface area contributed by atoms with Gasteiger partial charge >= 0.3 is 0 Å². The smallest absolute Gasteiger partial charge is 0.232 e. The van der Waals surface area contributed by atoms with Gasteiger partial charge < -0.3 is 0 Å². The molecule has 0 atom stereocenters. The van der Waals surface area contributed by atoms with E-state index in [0.29, 0.717) is 12.3 Å². The van der Waals surface area contributed by atoms with Crippen LogP contribution in [0.4, 0.5) is 0 Å². The number of thiazole rings is 1. The first kappa shape index (κ1) is 14.8. The number of nitrogens with one attached hydrogen (secondary N) is 1. The fraction of sp³-hybridized carbons (Fsp3) is 0.182. The molecular formula is C11H11ClN2O2S3. The first-order valence-corrected chi connectivity index (χ1v) is 9.03. The van der Waals surface area contributed by atoms with Crippen LogP contribution in [0.2, 0.25) is 4.47 Å². The lowest BCUT2D eigenvalue weighted by Crippen LogP contribution is -2.25. The molecule has 0 saturated heterocycles. The second kappa shape index (κ2) is 6.71. The molecule has 0 bridgehead atoms. The van der Waals surface area contributed by atoms with Gasteiger partial charge in [0.15, 0.2) is 8.68 Å². The molecule has 0 amide bonds. The highest BCUT2D eigenvalue weighted by Gasteiger charge is 2.16. The summed E-state index contributed by atoms with van der Waals surface area (Å²) in [5, 5.41) is 0. The summed E-state index contributed by atoms with van der Waals surface area (Å²) in [6, 6.07) is 9.82. The van der Waals surface area contributed by atoms with Crippen LogP contribution in [-0.2, 0) is 10.0 Å². The van der Waals surface area contributed by atoms with E-state index in [4.69, 9.17) is 11.6 Å². The van der Waals surface area contributed by atoms with Gasteiger partial charge in [-0.15, -0.1) is 11.8 Å². The van der Waals surface area contributed by atoms with Crippen molar-refractivity contribution in [3.63, 3.8) is 0 Å². The highest BCUT2D eigenvalue weighted by Crippen LogP contribution is 2.22. The molecule has 2 rings (SSSR count). The van der Waals surface area contributed by atoms with Crippen molar-refractivity contribution in [1.82, 2.24) is 9.71 Å². The van der Waals surface area contributed by atoms with Crippen molar-refractivity contribution in [3.8, 4) is 0 Å². The van der Waals surface area contributed by atoms with Gasteiger partial charge in [0.25, 0.3) is 10.0 Å². The molecule has 1 aromatic carbocycles. The maximum atomic E-state index is 11.8. The Balaban J connectivity index is 1.83. The molecule has 8 heteroatoms. The van der Waals surface area contributed by atoms with Gasteiger partial charge in [0.2, 0.25) is 0 Å². The topological polar surface area (TPSA) is 59.1 Å². The summed E-state index contributed by atoms with van der Waals surface area (Å²) in [5.41, 5.74) is 0. The zero-order valence-electron chi connectivity index (χ0n) is 9.74. The van der Waals surface area contributed by atoms with E-state index >= 15 is 0 Å². The monoisotopic (exact) mass is 334 g/mol. The number of thioether (sulfide) groups is 1. The summed E-state index contributed by atoms with van der Waals surface area (Å²) in [7, 11) is -3.49. The van der Waals surface area contributed by atoms with E-state index in [1.165, 1.54) is 6.20 Å². The molecule has 0 spiro atoms. The Morgan fingerprint density at radius 1 is 1.32 bits per heavy atom. The molecule has 0 aliphatic heterocycles. The molecular weight excluding hydrogens is 324 g/mol. The Morgan fingerprint density at radius 3 is 2.68 bits per heavy atom. The molecule has 1 heterocycles. The number of halogens is 1. The quantitative estimate of drug-likeness (QED) is 0.652. The van der Waals surface area contributed by atoms with Gasteiger partial charge in [-0.25, -0.2) is 18.1 Å². The van der Waals surface area contributed by atoms with E-state index in [1.807, 2.05) is 30.3 Å². The number of hydrogen-bond acceptors (Lipinski definition) is 5. The van der Waals surface area contributed by atoms with Crippen LogP contribution in [0.15, 0.2) is 45.6 Å². The largest absolute Gasteiger partial charge is 0.251 e. The highest BCUT2D eigenvalue weighted by atomic mass is 35.5. The maximum Gasteiger partial charge on any atom is 0.251 e. The molecule has 19 heavy (non-hydrogen) atoms. The molecule has 0 aliphatic carbocycles. The molecule has 0 saturated carbocycles. The van der Waals surface area contributed by atoms with Crippen LogP contribution in [0.1, 0.15) is 0 Å². The molecule has 1 N–H and O–H groups in total. The molecule has 0 radical (unpaired) electrons. The van der Waals surface area contributed by atoms with Gasteiger partial charge in [0.05, 0.1) is 6.20 Å². The molecule has 2 aromatic rings. The Hall–Kier alpha value is -0.600. The zero-order valence-corrected chi connectivity index (χ0v) is 13.0. The van der Waals surface area contributed by atoms with Gasteiger partial charge in [-0.1, -0.05) is 41.1 Å². The predicted octanol–water partition coefficient (Wildman–Crippen LogP) is 2.87.